The fraction of sp³-hybridized carbons (Fsp3) is 0.714. The zero-order valence-electron chi connectivity index (χ0n) is 12.5. The highest BCUT2D eigenvalue weighted by atomic mass is 32.2. The van der Waals surface area contributed by atoms with Gasteiger partial charge in [-0.25, -0.2) is 9.97 Å². The largest absolute Gasteiger partial charge is 0.374 e. The molecule has 0 aliphatic carbocycles. The number of nitrogens with zero attached hydrogens (tertiary/aromatic N) is 2. The van der Waals surface area contributed by atoms with Crippen LogP contribution in [-0.4, -0.2) is 40.7 Å². The van der Waals surface area contributed by atoms with Gasteiger partial charge in [0.25, 0.3) is 0 Å². The van der Waals surface area contributed by atoms with E-state index in [0.29, 0.717) is 23.8 Å². The minimum Gasteiger partial charge on any atom is -0.374 e. The monoisotopic (exact) mass is 296 g/mol. The molecule has 1 aromatic rings. The summed E-state index contributed by atoms with van der Waals surface area (Å²) in [6, 6.07) is 1.94. The van der Waals surface area contributed by atoms with Crippen molar-refractivity contribution < 1.29 is 4.74 Å². The zero-order valence-corrected chi connectivity index (χ0v) is 13.3. The van der Waals surface area contributed by atoms with Gasteiger partial charge >= 0.3 is 0 Å². The molecule has 0 spiro atoms. The van der Waals surface area contributed by atoms with Gasteiger partial charge in [0, 0.05) is 31.0 Å². The summed E-state index contributed by atoms with van der Waals surface area (Å²) in [7, 11) is 1.87. The molecule has 1 saturated heterocycles. The minimum absolute atomic E-state index is 0.324. The molecule has 0 aromatic carbocycles. The van der Waals surface area contributed by atoms with E-state index in [4.69, 9.17) is 4.74 Å². The third kappa shape index (κ3) is 4.24. The Morgan fingerprint density at radius 2 is 2.20 bits per heavy atom. The topological polar surface area (TPSA) is 59.1 Å². The molecule has 0 bridgehead atoms. The van der Waals surface area contributed by atoms with E-state index in [0.717, 1.165) is 18.2 Å². The normalized spacial score (nSPS) is 21.9. The van der Waals surface area contributed by atoms with E-state index in [1.165, 1.54) is 18.6 Å². The van der Waals surface area contributed by atoms with E-state index in [-0.39, 0.29) is 0 Å². The molecule has 1 atom stereocenters. The average Bonchev–Trinajstić information content (AvgIpc) is 2.90. The van der Waals surface area contributed by atoms with Crippen LogP contribution in [0, 0.1) is 0 Å². The number of aromatic nitrogens is 2. The van der Waals surface area contributed by atoms with E-state index in [1.807, 2.05) is 31.8 Å². The van der Waals surface area contributed by atoms with Crippen molar-refractivity contribution in [1.82, 2.24) is 9.97 Å². The second kappa shape index (κ2) is 7.13. The smallest absolute Gasteiger partial charge is 0.158 e. The van der Waals surface area contributed by atoms with Crippen molar-refractivity contribution in [2.45, 2.75) is 38.0 Å². The molecule has 1 aromatic heterocycles. The molecule has 0 saturated carbocycles. The third-order valence-electron chi connectivity index (χ3n) is 3.41. The Morgan fingerprint density at radius 3 is 2.85 bits per heavy atom. The van der Waals surface area contributed by atoms with Crippen LogP contribution in [0.2, 0.25) is 0 Å². The van der Waals surface area contributed by atoms with Crippen molar-refractivity contribution in [3.05, 3.63) is 11.9 Å². The van der Waals surface area contributed by atoms with Gasteiger partial charge in [0.05, 0.1) is 0 Å². The maximum atomic E-state index is 5.39. The van der Waals surface area contributed by atoms with Gasteiger partial charge in [-0.2, -0.15) is 11.8 Å². The SMILES string of the molecule is CCOCc1nc(NC)cc(NCC2(C)CCCS2)n1. The Hall–Kier alpha value is -1.01. The lowest BCUT2D eigenvalue weighted by atomic mass is 10.1. The van der Waals surface area contributed by atoms with Crippen LogP contribution in [-0.2, 0) is 11.3 Å². The molecule has 1 aliphatic rings. The van der Waals surface area contributed by atoms with Gasteiger partial charge < -0.3 is 15.4 Å². The number of ether oxygens (including phenoxy) is 1. The van der Waals surface area contributed by atoms with Gasteiger partial charge in [0.1, 0.15) is 18.2 Å². The number of rotatable bonds is 7. The number of thioether (sulfide) groups is 1. The molecule has 6 heteroatoms. The first kappa shape index (κ1) is 15.4. The fourth-order valence-electron chi connectivity index (χ4n) is 2.23. The second-order valence-corrected chi connectivity index (χ2v) is 6.88. The van der Waals surface area contributed by atoms with Crippen molar-refractivity contribution in [1.29, 1.82) is 0 Å². The lowest BCUT2D eigenvalue weighted by molar-refractivity contribution is 0.128. The number of anilines is 2. The van der Waals surface area contributed by atoms with Crippen molar-refractivity contribution in [2.24, 2.45) is 0 Å². The average molecular weight is 296 g/mol. The first-order chi connectivity index (χ1) is 9.65. The van der Waals surface area contributed by atoms with Gasteiger partial charge in [-0.15, -0.1) is 0 Å². The lowest BCUT2D eigenvalue weighted by Crippen LogP contribution is -2.27. The molecule has 2 heterocycles. The summed E-state index contributed by atoms with van der Waals surface area (Å²) in [5.41, 5.74) is 0. The van der Waals surface area contributed by atoms with Gasteiger partial charge in [-0.1, -0.05) is 0 Å². The highest BCUT2D eigenvalue weighted by Crippen LogP contribution is 2.37. The number of hydrogen-bond donors (Lipinski definition) is 2. The van der Waals surface area contributed by atoms with Crippen LogP contribution in [0.3, 0.4) is 0 Å². The molecule has 2 N–H and O–H groups in total. The van der Waals surface area contributed by atoms with E-state index < -0.39 is 0 Å². The van der Waals surface area contributed by atoms with Crippen LogP contribution in [0.4, 0.5) is 11.6 Å². The van der Waals surface area contributed by atoms with Gasteiger partial charge in [-0.3, -0.25) is 0 Å². The number of nitrogens with one attached hydrogen (secondary N) is 2. The molecule has 1 aliphatic heterocycles. The van der Waals surface area contributed by atoms with Crippen molar-refractivity contribution >= 4 is 23.4 Å². The van der Waals surface area contributed by atoms with Crippen LogP contribution < -0.4 is 10.6 Å². The Kier molecular flexibility index (Phi) is 5.48. The van der Waals surface area contributed by atoms with E-state index in [2.05, 4.69) is 27.5 Å². The van der Waals surface area contributed by atoms with E-state index in [9.17, 15) is 0 Å². The molecular weight excluding hydrogens is 272 g/mol. The van der Waals surface area contributed by atoms with Crippen molar-refractivity contribution in [3.8, 4) is 0 Å². The summed E-state index contributed by atoms with van der Waals surface area (Å²) < 4.78 is 5.71. The Labute approximate surface area is 125 Å². The maximum Gasteiger partial charge on any atom is 0.158 e. The summed E-state index contributed by atoms with van der Waals surface area (Å²) in [5.74, 6) is 3.67. The fourth-order valence-corrected chi connectivity index (χ4v) is 3.47. The van der Waals surface area contributed by atoms with Crippen molar-refractivity contribution in [3.63, 3.8) is 0 Å². The first-order valence-corrected chi connectivity index (χ1v) is 8.15. The van der Waals surface area contributed by atoms with E-state index in [1.54, 1.807) is 0 Å². The first-order valence-electron chi connectivity index (χ1n) is 7.16. The molecular formula is C14H24N4OS. The molecule has 0 amide bonds. The molecule has 1 fully saturated rings. The minimum atomic E-state index is 0.324. The number of hydrogen-bond acceptors (Lipinski definition) is 6. The molecule has 5 nitrogen and oxygen atoms in total. The van der Waals surface area contributed by atoms with Crippen LogP contribution >= 0.6 is 11.8 Å². The second-order valence-electron chi connectivity index (χ2n) is 5.20. The highest BCUT2D eigenvalue weighted by molar-refractivity contribution is 8.00. The maximum absolute atomic E-state index is 5.39. The van der Waals surface area contributed by atoms with Gasteiger partial charge in [0.15, 0.2) is 5.82 Å². The summed E-state index contributed by atoms with van der Waals surface area (Å²) in [4.78, 5) is 8.91. The lowest BCUT2D eigenvalue weighted by Gasteiger charge is -2.23. The predicted octanol–water partition coefficient (Wildman–Crippen LogP) is 2.75. The Balaban J connectivity index is 2.01. The van der Waals surface area contributed by atoms with Crippen LogP contribution in [0.5, 0.6) is 0 Å². The summed E-state index contributed by atoms with van der Waals surface area (Å²) >= 11 is 2.05. The van der Waals surface area contributed by atoms with Gasteiger partial charge in [0.2, 0.25) is 0 Å². The highest BCUT2D eigenvalue weighted by Gasteiger charge is 2.29. The standard InChI is InChI=1S/C14H24N4OS/c1-4-19-9-13-17-11(15-3)8-12(18-13)16-10-14(2)6-5-7-20-14/h8H,4-7,9-10H2,1-3H3,(H2,15,16,17,18). The predicted molar refractivity (Wildman–Crippen MR) is 85.5 cm³/mol. The quantitative estimate of drug-likeness (QED) is 0.807. The zero-order chi connectivity index (χ0) is 14.4. The van der Waals surface area contributed by atoms with Gasteiger partial charge in [-0.05, 0) is 32.4 Å². The Morgan fingerprint density at radius 1 is 1.40 bits per heavy atom. The summed E-state index contributed by atoms with van der Waals surface area (Å²) in [5, 5.41) is 6.52. The summed E-state index contributed by atoms with van der Waals surface area (Å²) in [6.07, 6.45) is 2.57. The molecule has 2 rings (SSSR count). The van der Waals surface area contributed by atoms with Crippen LogP contribution in [0.15, 0.2) is 6.07 Å². The van der Waals surface area contributed by atoms with Crippen LogP contribution in [0.25, 0.3) is 0 Å². The molecule has 20 heavy (non-hydrogen) atoms. The van der Waals surface area contributed by atoms with Crippen LogP contribution in [0.1, 0.15) is 32.5 Å². The van der Waals surface area contributed by atoms with Crippen molar-refractivity contribution in [2.75, 3.05) is 36.6 Å². The molecule has 0 radical (unpaired) electrons. The van der Waals surface area contributed by atoms with E-state index >= 15 is 0 Å². The summed E-state index contributed by atoms with van der Waals surface area (Å²) in [6.45, 7) is 6.35. The Bertz CT molecular complexity index is 435. The molecule has 1 unspecified atom stereocenters. The third-order valence-corrected chi connectivity index (χ3v) is 4.95. The molecule has 112 valence electrons.